The third kappa shape index (κ3) is 2.01. The van der Waals surface area contributed by atoms with E-state index in [9.17, 15) is 15.3 Å². The Morgan fingerprint density at radius 2 is 2.00 bits per heavy atom. The Morgan fingerprint density at radius 3 is 2.77 bits per heavy atom. The van der Waals surface area contributed by atoms with Gasteiger partial charge in [0.2, 0.25) is 0 Å². The molecule has 2 fully saturated rings. The van der Waals surface area contributed by atoms with Crippen LogP contribution < -0.4 is 3.51 Å². The Labute approximate surface area is 145 Å². The predicted octanol–water partition coefficient (Wildman–Crippen LogP) is 0.838. The number of aromatic hydroxyl groups is 1. The van der Waals surface area contributed by atoms with Crippen LogP contribution in [0.3, 0.4) is 0 Å². The molecular weight excluding hydrogens is 386 g/mol. The van der Waals surface area contributed by atoms with Crippen LogP contribution in [-0.4, -0.2) is 50.5 Å². The number of phenols is 1. The van der Waals surface area contributed by atoms with E-state index in [2.05, 4.69) is 6.92 Å². The average Bonchev–Trinajstić information content (AvgIpc) is 2.70. The van der Waals surface area contributed by atoms with Gasteiger partial charge in [-0.05, 0) is 0 Å². The summed E-state index contributed by atoms with van der Waals surface area (Å²) in [7, 11) is 0. The molecule has 1 aromatic rings. The first-order chi connectivity index (χ1) is 10.4. The van der Waals surface area contributed by atoms with Crippen molar-refractivity contribution in [2.75, 3.05) is 0 Å². The standard InChI is InChI=1S/C18H23O3.Sb.2H/c1-18-7-6-13-12-5-3-11(19)8-10(12)2-4-14(13)15(18)9-16(20)17(18)21;;;/h3,8,13-17,19-21H,2,4,6-7,9H2,1H3;;;/t13-,14-,15+,16-,17+,18+;;;/m1.../s1. The van der Waals surface area contributed by atoms with E-state index in [0.29, 0.717) is 23.5 Å². The van der Waals surface area contributed by atoms with Crippen LogP contribution in [0.1, 0.15) is 49.7 Å². The number of phenolic OH excluding ortho intramolecular Hbond substituents is 1. The van der Waals surface area contributed by atoms with Crippen molar-refractivity contribution in [2.45, 2.75) is 57.2 Å². The summed E-state index contributed by atoms with van der Waals surface area (Å²) in [4.78, 5) is 0. The molecule has 0 spiro atoms. The summed E-state index contributed by atoms with van der Waals surface area (Å²) in [5.74, 6) is 1.98. The summed E-state index contributed by atoms with van der Waals surface area (Å²) < 4.78 is 1.33. The first kappa shape index (κ1) is 15.3. The van der Waals surface area contributed by atoms with E-state index in [1.54, 1.807) is 0 Å². The first-order valence-electron chi connectivity index (χ1n) is 8.39. The number of rotatable bonds is 0. The molecule has 3 N–H and O–H groups in total. The van der Waals surface area contributed by atoms with E-state index in [1.165, 1.54) is 14.6 Å². The fraction of sp³-hybridized carbons (Fsp3) is 0.667. The fourth-order valence-corrected chi connectivity index (χ4v) is 7.37. The second-order valence-electron chi connectivity index (χ2n) is 7.82. The van der Waals surface area contributed by atoms with Gasteiger partial charge in [0.05, 0.1) is 0 Å². The van der Waals surface area contributed by atoms with Crippen molar-refractivity contribution in [2.24, 2.45) is 17.3 Å². The van der Waals surface area contributed by atoms with E-state index >= 15 is 0 Å². The molecule has 22 heavy (non-hydrogen) atoms. The minimum atomic E-state index is -0.561. The molecule has 3 aliphatic carbocycles. The van der Waals surface area contributed by atoms with Gasteiger partial charge in [0.1, 0.15) is 0 Å². The molecule has 4 heteroatoms. The van der Waals surface area contributed by atoms with Crippen molar-refractivity contribution >= 4 is 26.5 Å². The van der Waals surface area contributed by atoms with E-state index < -0.39 is 12.2 Å². The van der Waals surface area contributed by atoms with Crippen LogP contribution in [0, 0.1) is 17.3 Å². The third-order valence-corrected chi connectivity index (χ3v) is 8.17. The summed E-state index contributed by atoms with van der Waals surface area (Å²) in [5.41, 5.74) is 2.72. The van der Waals surface area contributed by atoms with Crippen molar-refractivity contribution in [1.29, 1.82) is 0 Å². The molecule has 0 heterocycles. The Balaban J connectivity index is 1.75. The Morgan fingerprint density at radius 1 is 1.23 bits per heavy atom. The number of hydrogen-bond acceptors (Lipinski definition) is 3. The number of benzene rings is 1. The summed E-state index contributed by atoms with van der Waals surface area (Å²) in [6.07, 6.45) is 3.89. The summed E-state index contributed by atoms with van der Waals surface area (Å²) in [6.45, 7) is 2.18. The van der Waals surface area contributed by atoms with Crippen LogP contribution >= 0.6 is 0 Å². The first-order valence-corrected chi connectivity index (χ1v) is 10.0. The maximum atomic E-state index is 10.5. The zero-order valence-corrected chi connectivity index (χ0v) is 16.3. The molecule has 2 saturated carbocycles. The van der Waals surface area contributed by atoms with Gasteiger partial charge in [-0.3, -0.25) is 0 Å². The summed E-state index contributed by atoms with van der Waals surface area (Å²) in [6, 6.07) is 3.90. The van der Waals surface area contributed by atoms with Gasteiger partial charge in [-0.25, -0.2) is 0 Å². The Kier molecular flexibility index (Phi) is 3.56. The topological polar surface area (TPSA) is 60.7 Å². The second kappa shape index (κ2) is 5.13. The number of aryl methyl sites for hydroxylation is 1. The van der Waals surface area contributed by atoms with Crippen LogP contribution in [0.5, 0.6) is 5.75 Å². The number of aliphatic hydroxyl groups is 2. The van der Waals surface area contributed by atoms with Gasteiger partial charge in [-0.15, -0.1) is 0 Å². The third-order valence-electron chi connectivity index (χ3n) is 6.81. The zero-order valence-electron chi connectivity index (χ0n) is 13.0. The number of aliphatic hydroxyl groups excluding tert-OH is 2. The fourth-order valence-electron chi connectivity index (χ4n) is 5.74. The molecule has 120 valence electrons. The van der Waals surface area contributed by atoms with Gasteiger partial charge < -0.3 is 0 Å². The minimum absolute atomic E-state index is 0.112. The Hall–Kier alpha value is -0.242. The molecule has 0 radical (unpaired) electrons. The van der Waals surface area contributed by atoms with Gasteiger partial charge in [0, 0.05) is 0 Å². The molecule has 0 unspecified atom stereocenters. The molecule has 0 aliphatic heterocycles. The van der Waals surface area contributed by atoms with Crippen molar-refractivity contribution in [3.8, 4) is 5.75 Å². The normalized spacial score (nSPS) is 43.4. The monoisotopic (exact) mass is 410 g/mol. The maximum absolute atomic E-state index is 10.5. The molecule has 0 aromatic heterocycles. The van der Waals surface area contributed by atoms with Gasteiger partial charge in [0.15, 0.2) is 0 Å². The van der Waals surface area contributed by atoms with Crippen LogP contribution in [0.25, 0.3) is 0 Å². The molecule has 0 amide bonds. The molecule has 0 bridgehead atoms. The van der Waals surface area contributed by atoms with Crippen molar-refractivity contribution in [3.05, 3.63) is 23.3 Å². The van der Waals surface area contributed by atoms with E-state index in [1.807, 2.05) is 12.1 Å². The summed E-state index contributed by atoms with van der Waals surface area (Å²) in [5, 5.41) is 30.5. The van der Waals surface area contributed by atoms with E-state index in [4.69, 9.17) is 0 Å². The number of hydrogen-bond donors (Lipinski definition) is 3. The molecule has 6 atom stereocenters. The quantitative estimate of drug-likeness (QED) is 0.555. The SMILES string of the molecule is C[C@]12CC[C@@H]3c4[c]([SbH2])cc(O)cc4CC[C@H]3[C@@H]1C[C@@H](O)[C@@H]2O. The van der Waals surface area contributed by atoms with Gasteiger partial charge >= 0.3 is 145 Å². The number of fused-ring (bicyclic) bond motifs is 5. The van der Waals surface area contributed by atoms with Gasteiger partial charge in [0.25, 0.3) is 0 Å². The van der Waals surface area contributed by atoms with Crippen molar-refractivity contribution in [3.63, 3.8) is 0 Å². The van der Waals surface area contributed by atoms with E-state index in [0.717, 1.165) is 55.1 Å². The average molecular weight is 411 g/mol. The van der Waals surface area contributed by atoms with Gasteiger partial charge in [-0.1, -0.05) is 0 Å². The van der Waals surface area contributed by atoms with Crippen LogP contribution in [-0.2, 0) is 6.42 Å². The Bertz CT molecular complexity index is 617. The predicted molar refractivity (Wildman–Crippen MR) is 88.3 cm³/mol. The summed E-state index contributed by atoms with van der Waals surface area (Å²) >= 11 is 1.04. The van der Waals surface area contributed by atoms with Gasteiger partial charge in [-0.2, -0.15) is 0 Å². The van der Waals surface area contributed by atoms with E-state index in [-0.39, 0.29) is 5.41 Å². The molecule has 3 nitrogen and oxygen atoms in total. The molecule has 4 rings (SSSR count). The molecule has 0 saturated heterocycles. The zero-order chi connectivity index (χ0) is 15.6. The van der Waals surface area contributed by atoms with Crippen LogP contribution in [0.15, 0.2) is 12.1 Å². The van der Waals surface area contributed by atoms with Crippen LogP contribution in [0.2, 0.25) is 0 Å². The molecule has 3 aliphatic rings. The second-order valence-corrected chi connectivity index (χ2v) is 9.59. The van der Waals surface area contributed by atoms with Crippen molar-refractivity contribution < 1.29 is 15.3 Å². The van der Waals surface area contributed by atoms with Crippen molar-refractivity contribution in [1.82, 2.24) is 0 Å². The van der Waals surface area contributed by atoms with Crippen LogP contribution in [0.4, 0.5) is 0 Å². The molecule has 1 aromatic carbocycles. The molecular formula is C18H25O3Sb.